The summed E-state index contributed by atoms with van der Waals surface area (Å²) in [4.78, 5) is 5.33. The van der Waals surface area contributed by atoms with Crippen molar-refractivity contribution < 1.29 is 0 Å². The van der Waals surface area contributed by atoms with Crippen molar-refractivity contribution in [1.82, 2.24) is 15.2 Å². The maximum absolute atomic E-state index is 2.67. The summed E-state index contributed by atoms with van der Waals surface area (Å²) in [7, 11) is 0. The number of hydrazine groups is 2. The summed E-state index contributed by atoms with van der Waals surface area (Å²) < 4.78 is 0. The highest BCUT2D eigenvalue weighted by molar-refractivity contribution is 7.96. The molecule has 1 heterocycles. The fourth-order valence-electron chi connectivity index (χ4n) is 0.0510. The second kappa shape index (κ2) is 0.898. The number of hydrogen-bond donors (Lipinski definition) is 3. The first kappa shape index (κ1) is 2.47. The van der Waals surface area contributed by atoms with Crippen LogP contribution in [0.3, 0.4) is 0 Å². The predicted octanol–water partition coefficient (Wildman–Crippen LogP) is -0.838. The highest BCUT2D eigenvalue weighted by atomic mass is 32.2. The van der Waals surface area contributed by atoms with Gasteiger partial charge in [-0.3, -0.25) is 0 Å². The zero-order chi connectivity index (χ0) is 2.83. The molecule has 3 nitrogen and oxygen atoms in total. The van der Waals surface area contributed by atoms with Gasteiger partial charge in [0.1, 0.15) is 0 Å². The van der Waals surface area contributed by atoms with E-state index in [1.165, 1.54) is 12.1 Å². The van der Waals surface area contributed by atoms with Crippen molar-refractivity contribution in [2.75, 3.05) is 0 Å². The Morgan fingerprint density at radius 1 is 1.25 bits per heavy atom. The van der Waals surface area contributed by atoms with Crippen LogP contribution in [0.15, 0.2) is 0 Å². The van der Waals surface area contributed by atoms with Crippen LogP contribution in [-0.4, -0.2) is 0 Å². The molecule has 1 fully saturated rings. The Morgan fingerprint density at radius 3 is 1.50 bits per heavy atom. The zero-order valence-electron chi connectivity index (χ0n) is 1.91. The minimum Gasteiger partial charge on any atom is -0.172 e. The molecule has 1 rings (SSSR count). The van der Waals surface area contributed by atoms with Crippen molar-refractivity contribution in [3.8, 4) is 0 Å². The van der Waals surface area contributed by atoms with Crippen molar-refractivity contribution in [2.45, 2.75) is 0 Å². The van der Waals surface area contributed by atoms with Gasteiger partial charge >= 0.3 is 0 Å². The predicted molar refractivity (Wildman–Crippen MR) is 17.0 cm³/mol. The lowest BCUT2D eigenvalue weighted by molar-refractivity contribution is 0.609. The molecule has 0 unspecified atom stereocenters. The molecule has 0 aliphatic carbocycles. The summed E-state index contributed by atoms with van der Waals surface area (Å²) in [6.45, 7) is 0. The largest absolute Gasteiger partial charge is 0.172 e. The Kier molecular flexibility index (Phi) is 0.554. The lowest BCUT2D eigenvalue weighted by atomic mass is 12.5. The van der Waals surface area contributed by atoms with Gasteiger partial charge in [-0.05, 0) is 0 Å². The topological polar surface area (TPSA) is 36.1 Å². The Balaban J connectivity index is 2.00. The van der Waals surface area contributed by atoms with Gasteiger partial charge in [-0.15, -0.1) is 0 Å². The standard InChI is InChI=1S/H3N3S/c1-2-4-3-1/h1-3H. The van der Waals surface area contributed by atoms with Crippen LogP contribution in [0.5, 0.6) is 0 Å². The molecule has 0 bridgehead atoms. The highest BCUT2D eigenvalue weighted by Crippen LogP contribution is 1.81. The van der Waals surface area contributed by atoms with Gasteiger partial charge in [0.25, 0.3) is 0 Å². The molecule has 0 aromatic carbocycles. The van der Waals surface area contributed by atoms with E-state index in [0.29, 0.717) is 0 Å². The molecule has 0 spiro atoms. The van der Waals surface area contributed by atoms with E-state index < -0.39 is 0 Å². The van der Waals surface area contributed by atoms with Crippen LogP contribution in [0.2, 0.25) is 0 Å². The van der Waals surface area contributed by atoms with Crippen molar-refractivity contribution >= 4 is 12.1 Å². The van der Waals surface area contributed by atoms with Crippen LogP contribution < -0.4 is 15.2 Å². The second-order valence-corrected chi connectivity index (χ2v) is 1.04. The van der Waals surface area contributed by atoms with Crippen LogP contribution in [0, 0.1) is 0 Å². The monoisotopic (exact) mass is 77.0 g/mol. The number of nitrogens with one attached hydrogen (secondary N) is 3. The van der Waals surface area contributed by atoms with Crippen molar-refractivity contribution in [1.29, 1.82) is 0 Å². The smallest absolute Gasteiger partial charge is 0.0361 e. The van der Waals surface area contributed by atoms with E-state index in [9.17, 15) is 0 Å². The molecule has 3 N–H and O–H groups in total. The van der Waals surface area contributed by atoms with E-state index in [1.807, 2.05) is 0 Å². The summed E-state index contributed by atoms with van der Waals surface area (Å²) >= 11 is 1.43. The molecular formula is H3N3S. The summed E-state index contributed by atoms with van der Waals surface area (Å²) in [6, 6.07) is 0. The first-order valence-corrected chi connectivity index (χ1v) is 1.72. The quantitative estimate of drug-likeness (QED) is 0.329. The first-order chi connectivity index (χ1) is 2.00. The third kappa shape index (κ3) is 0.189. The first-order valence-electron chi connectivity index (χ1n) is 0.908. The summed E-state index contributed by atoms with van der Waals surface area (Å²) in [5.41, 5.74) is 2.57. The van der Waals surface area contributed by atoms with Crippen LogP contribution in [-0.2, 0) is 0 Å². The van der Waals surface area contributed by atoms with Gasteiger partial charge in [0.2, 0.25) is 0 Å². The second-order valence-electron chi connectivity index (χ2n) is 0.431. The van der Waals surface area contributed by atoms with Gasteiger partial charge in [-0.1, -0.05) is 0 Å². The number of hydrogen-bond acceptors (Lipinski definition) is 4. The summed E-state index contributed by atoms with van der Waals surface area (Å²) in [6.07, 6.45) is 0. The van der Waals surface area contributed by atoms with Gasteiger partial charge in [0, 0.05) is 12.1 Å². The van der Waals surface area contributed by atoms with E-state index in [0.717, 1.165) is 0 Å². The Labute approximate surface area is 28.4 Å². The summed E-state index contributed by atoms with van der Waals surface area (Å²) in [5.74, 6) is 0. The van der Waals surface area contributed by atoms with E-state index in [2.05, 4.69) is 15.2 Å². The Hall–Kier alpha value is 0.230. The van der Waals surface area contributed by atoms with E-state index in [-0.39, 0.29) is 0 Å². The van der Waals surface area contributed by atoms with E-state index in [1.54, 1.807) is 0 Å². The molecule has 0 aromatic rings. The van der Waals surface area contributed by atoms with Gasteiger partial charge in [-0.2, -0.15) is 15.2 Å². The Morgan fingerprint density at radius 2 is 1.50 bits per heavy atom. The minimum absolute atomic E-state index is 1.43. The van der Waals surface area contributed by atoms with Crippen molar-refractivity contribution in [3.05, 3.63) is 0 Å². The molecule has 1 saturated heterocycles. The van der Waals surface area contributed by atoms with E-state index in [4.69, 9.17) is 0 Å². The minimum atomic E-state index is 1.43. The molecule has 0 aromatic heterocycles. The lowest BCUT2D eigenvalue weighted by Crippen LogP contribution is -2.48. The average molecular weight is 77.1 g/mol. The molecule has 1 aliphatic rings. The van der Waals surface area contributed by atoms with Crippen molar-refractivity contribution in [2.24, 2.45) is 0 Å². The molecule has 0 radical (unpaired) electrons. The molecule has 1 aliphatic heterocycles. The Bertz CT molecular complexity index is 11.2. The number of rotatable bonds is 0. The van der Waals surface area contributed by atoms with Gasteiger partial charge in [-0.25, -0.2) is 0 Å². The maximum atomic E-state index is 2.67. The zero-order valence-corrected chi connectivity index (χ0v) is 2.72. The molecule has 4 heteroatoms. The molecular weight excluding hydrogens is 74.1 g/mol. The van der Waals surface area contributed by atoms with Crippen LogP contribution in [0.1, 0.15) is 0 Å². The van der Waals surface area contributed by atoms with E-state index >= 15 is 0 Å². The SMILES string of the molecule is N1NSN1. The van der Waals surface area contributed by atoms with Gasteiger partial charge < -0.3 is 0 Å². The van der Waals surface area contributed by atoms with Crippen molar-refractivity contribution in [3.63, 3.8) is 0 Å². The lowest BCUT2D eigenvalue weighted by Gasteiger charge is -2.12. The average Bonchev–Trinajstić information content (AvgIpc) is 0.722. The summed E-state index contributed by atoms with van der Waals surface area (Å²) in [5, 5.41) is 0. The van der Waals surface area contributed by atoms with Crippen LogP contribution in [0.4, 0.5) is 0 Å². The third-order valence-corrected chi connectivity index (χ3v) is 0.612. The maximum Gasteiger partial charge on any atom is 0.0361 e. The molecule has 24 valence electrons. The molecule has 4 heavy (non-hydrogen) atoms. The fourth-order valence-corrected chi connectivity index (χ4v) is 0.153. The molecule has 0 atom stereocenters. The van der Waals surface area contributed by atoms with Gasteiger partial charge in [0.15, 0.2) is 0 Å². The highest BCUT2D eigenvalue weighted by Gasteiger charge is 1.88. The third-order valence-electron chi connectivity index (χ3n) is 0.204. The van der Waals surface area contributed by atoms with Crippen LogP contribution >= 0.6 is 12.1 Å². The fraction of sp³-hybridized carbons (Fsp3) is 0. The molecule has 0 saturated carbocycles. The normalized spacial score (nSPS) is 24.0. The molecule has 0 amide bonds. The van der Waals surface area contributed by atoms with Gasteiger partial charge in [0.05, 0.1) is 0 Å². The van der Waals surface area contributed by atoms with Crippen LogP contribution in [0.25, 0.3) is 0 Å².